The highest BCUT2D eigenvalue weighted by atomic mass is 16.5. The van der Waals surface area contributed by atoms with Crippen LogP contribution in [0.3, 0.4) is 0 Å². The van der Waals surface area contributed by atoms with E-state index in [-0.39, 0.29) is 22.3 Å². The average molecular weight is 497 g/mol. The SMILES string of the molecule is CC1(C)CC(N2C(=O)c3ccc4c5c(ccc(c35)C2=O)C(=O)N(c2ccccc2)C4=O)CC(C)(C)N1[O]. The molecule has 0 N–H and O–H groups in total. The Bertz CT molecular complexity index is 1450. The van der Waals surface area contributed by atoms with Crippen LogP contribution in [0.4, 0.5) is 5.69 Å². The quantitative estimate of drug-likeness (QED) is 0.483. The van der Waals surface area contributed by atoms with Crippen molar-refractivity contribution in [3.8, 4) is 0 Å². The predicted molar refractivity (Wildman–Crippen MR) is 136 cm³/mol. The van der Waals surface area contributed by atoms with Crippen LogP contribution in [0.5, 0.6) is 0 Å². The lowest BCUT2D eigenvalue weighted by atomic mass is 9.77. The summed E-state index contributed by atoms with van der Waals surface area (Å²) in [5.74, 6) is -1.94. The number of rotatable bonds is 2. The number of para-hydroxylation sites is 1. The molecule has 3 aromatic carbocycles. The zero-order valence-corrected chi connectivity index (χ0v) is 21.1. The molecule has 3 heterocycles. The number of anilines is 1. The minimum Gasteiger partial charge on any atom is -0.271 e. The van der Waals surface area contributed by atoms with Gasteiger partial charge in [-0.15, -0.1) is 10.3 Å². The van der Waals surface area contributed by atoms with Gasteiger partial charge in [0, 0.05) is 50.1 Å². The van der Waals surface area contributed by atoms with Gasteiger partial charge in [-0.05, 0) is 76.9 Å². The highest BCUT2D eigenvalue weighted by Gasteiger charge is 2.51. The molecular weight excluding hydrogens is 470 g/mol. The van der Waals surface area contributed by atoms with Gasteiger partial charge in [0.15, 0.2) is 0 Å². The van der Waals surface area contributed by atoms with Crippen LogP contribution in [0.15, 0.2) is 54.6 Å². The summed E-state index contributed by atoms with van der Waals surface area (Å²) in [6, 6.07) is 14.5. The van der Waals surface area contributed by atoms with Crippen molar-refractivity contribution in [1.29, 1.82) is 0 Å². The summed E-state index contributed by atoms with van der Waals surface area (Å²) in [6.45, 7) is 7.28. The maximum Gasteiger partial charge on any atom is 0.265 e. The Morgan fingerprint density at radius 2 is 1.03 bits per heavy atom. The normalized spacial score (nSPS) is 21.2. The van der Waals surface area contributed by atoms with Crippen molar-refractivity contribution in [2.75, 3.05) is 4.90 Å². The molecule has 3 aliphatic heterocycles. The summed E-state index contributed by atoms with van der Waals surface area (Å²) in [6.07, 6.45) is 0.685. The third-order valence-electron chi connectivity index (χ3n) is 7.88. The molecule has 0 aromatic heterocycles. The lowest BCUT2D eigenvalue weighted by Crippen LogP contribution is -2.64. The predicted octanol–water partition coefficient (Wildman–Crippen LogP) is 4.60. The summed E-state index contributed by atoms with van der Waals surface area (Å²) in [5.41, 5.74) is 0.0245. The number of imide groups is 2. The average Bonchev–Trinajstić information content (AvgIpc) is 2.85. The minimum atomic E-state index is -0.767. The summed E-state index contributed by atoms with van der Waals surface area (Å²) in [5, 5.41) is 14.6. The molecule has 0 unspecified atom stereocenters. The lowest BCUT2D eigenvalue weighted by molar-refractivity contribution is -0.292. The van der Waals surface area contributed by atoms with Gasteiger partial charge in [0.25, 0.3) is 23.6 Å². The van der Waals surface area contributed by atoms with E-state index in [0.29, 0.717) is 29.3 Å². The van der Waals surface area contributed by atoms with Gasteiger partial charge in [-0.3, -0.25) is 24.1 Å². The molecule has 1 radical (unpaired) electrons. The smallest absolute Gasteiger partial charge is 0.265 e. The largest absolute Gasteiger partial charge is 0.271 e. The molecule has 37 heavy (non-hydrogen) atoms. The van der Waals surface area contributed by atoms with Crippen LogP contribution >= 0.6 is 0 Å². The number of carbonyl (C=O) groups is 4. The second-order valence-electron chi connectivity index (χ2n) is 11.3. The maximum absolute atomic E-state index is 13.8. The molecule has 1 saturated heterocycles. The van der Waals surface area contributed by atoms with E-state index in [4.69, 9.17) is 0 Å². The van der Waals surface area contributed by atoms with Gasteiger partial charge in [0.2, 0.25) is 0 Å². The van der Waals surface area contributed by atoms with Crippen LogP contribution in [-0.4, -0.2) is 50.7 Å². The van der Waals surface area contributed by atoms with Crippen molar-refractivity contribution < 1.29 is 24.4 Å². The van der Waals surface area contributed by atoms with E-state index >= 15 is 0 Å². The molecule has 0 saturated carbocycles. The number of hydroxylamine groups is 2. The van der Waals surface area contributed by atoms with E-state index in [1.54, 1.807) is 54.6 Å². The van der Waals surface area contributed by atoms with Gasteiger partial charge < -0.3 is 0 Å². The first-order valence-electron chi connectivity index (χ1n) is 12.3. The molecule has 8 heteroatoms. The third kappa shape index (κ3) is 3.15. The molecule has 0 spiro atoms. The van der Waals surface area contributed by atoms with Crippen LogP contribution in [0, 0.1) is 0 Å². The lowest BCUT2D eigenvalue weighted by Gasteiger charge is -2.52. The number of piperidine rings is 1. The highest BCUT2D eigenvalue weighted by molar-refractivity contribution is 6.39. The molecule has 6 rings (SSSR count). The molecule has 8 nitrogen and oxygen atoms in total. The Morgan fingerprint density at radius 1 is 0.622 bits per heavy atom. The van der Waals surface area contributed by atoms with E-state index in [1.807, 2.05) is 27.7 Å². The van der Waals surface area contributed by atoms with Gasteiger partial charge in [0.1, 0.15) is 0 Å². The monoisotopic (exact) mass is 496 g/mol. The minimum absolute atomic E-state index is 0.273. The molecule has 187 valence electrons. The highest BCUT2D eigenvalue weighted by Crippen LogP contribution is 2.43. The van der Waals surface area contributed by atoms with Gasteiger partial charge in [0.05, 0.1) is 5.69 Å². The van der Waals surface area contributed by atoms with Gasteiger partial charge in [-0.2, -0.15) is 0 Å². The maximum atomic E-state index is 13.8. The summed E-state index contributed by atoms with van der Waals surface area (Å²) in [4.78, 5) is 57.0. The fourth-order valence-electron chi connectivity index (χ4n) is 6.43. The van der Waals surface area contributed by atoms with Gasteiger partial charge >= 0.3 is 0 Å². The Kier molecular flexibility index (Phi) is 4.81. The van der Waals surface area contributed by atoms with Crippen molar-refractivity contribution in [3.63, 3.8) is 0 Å². The fourth-order valence-corrected chi connectivity index (χ4v) is 6.43. The number of nitrogens with zero attached hydrogens (tertiary/aromatic N) is 3. The molecular formula is C29H26N3O5. The zero-order valence-electron chi connectivity index (χ0n) is 21.1. The van der Waals surface area contributed by atoms with Crippen LogP contribution < -0.4 is 4.90 Å². The van der Waals surface area contributed by atoms with Crippen molar-refractivity contribution in [3.05, 3.63) is 76.9 Å². The van der Waals surface area contributed by atoms with Crippen LogP contribution in [-0.2, 0) is 5.21 Å². The number of hydrogen-bond acceptors (Lipinski definition) is 5. The molecule has 0 bridgehead atoms. The van der Waals surface area contributed by atoms with E-state index in [2.05, 4.69) is 0 Å². The number of amides is 4. The number of benzene rings is 3. The third-order valence-corrected chi connectivity index (χ3v) is 7.88. The van der Waals surface area contributed by atoms with E-state index in [9.17, 15) is 24.4 Å². The summed E-state index contributed by atoms with van der Waals surface area (Å²) < 4.78 is 0. The summed E-state index contributed by atoms with van der Waals surface area (Å²) in [7, 11) is 0. The number of carbonyl (C=O) groups excluding carboxylic acids is 4. The first-order valence-corrected chi connectivity index (χ1v) is 12.3. The van der Waals surface area contributed by atoms with Crippen molar-refractivity contribution in [1.82, 2.24) is 9.96 Å². The number of hydrogen-bond donors (Lipinski definition) is 0. The first kappa shape index (κ1) is 23.5. The Morgan fingerprint density at radius 3 is 1.46 bits per heavy atom. The molecule has 4 amide bonds. The topological polar surface area (TPSA) is 97.9 Å². The second kappa shape index (κ2) is 7.57. The van der Waals surface area contributed by atoms with Crippen molar-refractivity contribution >= 4 is 40.1 Å². The zero-order chi connectivity index (χ0) is 26.4. The van der Waals surface area contributed by atoms with E-state index < -0.39 is 40.7 Å². The fraction of sp³-hybridized carbons (Fsp3) is 0.310. The summed E-state index contributed by atoms with van der Waals surface area (Å²) >= 11 is 0. The van der Waals surface area contributed by atoms with E-state index in [1.165, 1.54) is 4.90 Å². The Hall–Kier alpha value is -3.88. The standard InChI is InChI=1S/C29H26N3O5/c1-28(2)14-17(15-29(3,4)32(28)37)31-26(35)20-12-10-18-22-19(11-13-21(23(20)22)27(31)36)25(34)30(24(18)33)16-8-6-5-7-9-16/h5-13,17H,14-15H2,1-4H3. The van der Waals surface area contributed by atoms with Gasteiger partial charge in [-0.1, -0.05) is 18.2 Å². The van der Waals surface area contributed by atoms with Crippen molar-refractivity contribution in [2.45, 2.75) is 57.7 Å². The van der Waals surface area contributed by atoms with E-state index in [0.717, 1.165) is 9.96 Å². The Balaban J connectivity index is 1.49. The van der Waals surface area contributed by atoms with Crippen LogP contribution in [0.1, 0.15) is 82.0 Å². The molecule has 0 aliphatic carbocycles. The van der Waals surface area contributed by atoms with Crippen LogP contribution in [0.25, 0.3) is 10.8 Å². The van der Waals surface area contributed by atoms with Crippen molar-refractivity contribution in [2.24, 2.45) is 0 Å². The van der Waals surface area contributed by atoms with Crippen LogP contribution in [0.2, 0.25) is 0 Å². The Labute approximate surface area is 214 Å². The molecule has 3 aliphatic rings. The molecule has 0 atom stereocenters. The van der Waals surface area contributed by atoms with Gasteiger partial charge in [-0.25, -0.2) is 4.90 Å². The second-order valence-corrected chi connectivity index (χ2v) is 11.3. The first-order chi connectivity index (χ1) is 17.4. The molecule has 3 aromatic rings. The molecule has 1 fully saturated rings.